The van der Waals surface area contributed by atoms with Crippen LogP contribution in [0.5, 0.6) is 0 Å². The average Bonchev–Trinajstić information content (AvgIpc) is 2.28. The molecule has 1 heterocycles. The van der Waals surface area contributed by atoms with Crippen molar-refractivity contribution in [2.24, 2.45) is 0 Å². The number of benzene rings is 1. The highest BCUT2D eigenvalue weighted by Crippen LogP contribution is 2.21. The van der Waals surface area contributed by atoms with Gasteiger partial charge in [-0.25, -0.2) is 4.72 Å². The Labute approximate surface area is 96.5 Å². The van der Waals surface area contributed by atoms with E-state index in [1.54, 1.807) is 0 Å². The van der Waals surface area contributed by atoms with E-state index in [0.717, 1.165) is 12.0 Å². The van der Waals surface area contributed by atoms with Crippen LogP contribution in [0.1, 0.15) is 16.7 Å². The first-order valence-electron chi connectivity index (χ1n) is 5.30. The zero-order chi connectivity index (χ0) is 11.8. The maximum Gasteiger partial charge on any atom is 0.279 e. The van der Waals surface area contributed by atoms with E-state index < -0.39 is 10.2 Å². The van der Waals surface area contributed by atoms with Gasteiger partial charge in [-0.05, 0) is 24.5 Å². The Hall–Kier alpha value is -0.910. The molecule has 0 fully saturated rings. The summed E-state index contributed by atoms with van der Waals surface area (Å²) in [4.78, 5) is 0. The molecule has 88 valence electrons. The molecule has 1 aromatic carbocycles. The molecule has 0 saturated carbocycles. The van der Waals surface area contributed by atoms with E-state index in [2.05, 4.69) is 22.9 Å². The van der Waals surface area contributed by atoms with Crippen molar-refractivity contribution in [3.8, 4) is 0 Å². The molecule has 0 aliphatic carbocycles. The summed E-state index contributed by atoms with van der Waals surface area (Å²) in [5, 5.41) is 0. The Morgan fingerprint density at radius 2 is 2.06 bits per heavy atom. The van der Waals surface area contributed by atoms with Gasteiger partial charge in [0.15, 0.2) is 0 Å². The normalized spacial score (nSPS) is 17.1. The van der Waals surface area contributed by atoms with Crippen LogP contribution in [-0.2, 0) is 23.2 Å². The van der Waals surface area contributed by atoms with Gasteiger partial charge >= 0.3 is 0 Å². The molecule has 0 saturated heterocycles. The molecule has 0 atom stereocenters. The van der Waals surface area contributed by atoms with Gasteiger partial charge in [-0.3, -0.25) is 0 Å². The van der Waals surface area contributed by atoms with E-state index in [-0.39, 0.29) is 0 Å². The van der Waals surface area contributed by atoms with E-state index in [0.29, 0.717) is 13.1 Å². The molecule has 1 aliphatic heterocycles. The predicted octanol–water partition coefficient (Wildman–Crippen LogP) is 0.817. The summed E-state index contributed by atoms with van der Waals surface area (Å²) in [6.45, 7) is 3.05. The monoisotopic (exact) mass is 240 g/mol. The topological polar surface area (TPSA) is 49.4 Å². The standard InChI is InChI=1S/C11H16N2O2S/c1-9-3-4-10-5-6-13(8-11(10)7-9)16(14,15)12-2/h3-4,7,12H,5-6,8H2,1-2H3. The van der Waals surface area contributed by atoms with Crippen molar-refractivity contribution in [3.63, 3.8) is 0 Å². The third kappa shape index (κ3) is 2.11. The lowest BCUT2D eigenvalue weighted by Gasteiger charge is -2.27. The Bertz CT molecular complexity index is 497. The van der Waals surface area contributed by atoms with Crippen LogP contribution in [0.2, 0.25) is 0 Å². The van der Waals surface area contributed by atoms with Crippen molar-refractivity contribution in [2.45, 2.75) is 19.9 Å². The van der Waals surface area contributed by atoms with Gasteiger partial charge in [0, 0.05) is 20.1 Å². The quantitative estimate of drug-likeness (QED) is 0.832. The highest BCUT2D eigenvalue weighted by molar-refractivity contribution is 7.87. The first kappa shape index (κ1) is 11.6. The summed E-state index contributed by atoms with van der Waals surface area (Å²) in [5.41, 5.74) is 3.54. The molecule has 0 radical (unpaired) electrons. The zero-order valence-electron chi connectivity index (χ0n) is 9.53. The number of aryl methyl sites for hydroxylation is 1. The van der Waals surface area contributed by atoms with Crippen molar-refractivity contribution in [3.05, 3.63) is 34.9 Å². The number of nitrogens with one attached hydrogen (secondary N) is 1. The van der Waals surface area contributed by atoms with Gasteiger partial charge in [-0.2, -0.15) is 12.7 Å². The van der Waals surface area contributed by atoms with Gasteiger partial charge in [-0.1, -0.05) is 23.8 Å². The molecule has 0 bridgehead atoms. The van der Waals surface area contributed by atoms with Crippen LogP contribution in [0.4, 0.5) is 0 Å². The summed E-state index contributed by atoms with van der Waals surface area (Å²) in [5.74, 6) is 0. The van der Waals surface area contributed by atoms with Crippen molar-refractivity contribution >= 4 is 10.2 Å². The first-order valence-corrected chi connectivity index (χ1v) is 6.74. The Morgan fingerprint density at radius 1 is 1.31 bits per heavy atom. The van der Waals surface area contributed by atoms with Gasteiger partial charge in [0.25, 0.3) is 10.2 Å². The second-order valence-electron chi connectivity index (χ2n) is 4.06. The van der Waals surface area contributed by atoms with E-state index in [1.165, 1.54) is 22.5 Å². The highest BCUT2D eigenvalue weighted by atomic mass is 32.2. The fourth-order valence-electron chi connectivity index (χ4n) is 1.99. The summed E-state index contributed by atoms with van der Waals surface area (Å²) in [6, 6.07) is 6.22. The Morgan fingerprint density at radius 3 is 2.75 bits per heavy atom. The number of hydrogen-bond donors (Lipinski definition) is 1. The van der Waals surface area contributed by atoms with E-state index in [1.807, 2.05) is 6.92 Å². The Kier molecular flexibility index (Phi) is 3.01. The van der Waals surface area contributed by atoms with Crippen LogP contribution in [0.3, 0.4) is 0 Å². The third-order valence-corrected chi connectivity index (χ3v) is 4.44. The SMILES string of the molecule is CNS(=O)(=O)N1CCc2ccc(C)cc2C1. The third-order valence-electron chi connectivity index (χ3n) is 2.94. The van der Waals surface area contributed by atoms with Crippen molar-refractivity contribution in [1.29, 1.82) is 0 Å². The molecule has 0 spiro atoms. The zero-order valence-corrected chi connectivity index (χ0v) is 10.3. The van der Waals surface area contributed by atoms with Gasteiger partial charge < -0.3 is 0 Å². The van der Waals surface area contributed by atoms with Crippen molar-refractivity contribution in [2.75, 3.05) is 13.6 Å². The van der Waals surface area contributed by atoms with Crippen LogP contribution in [0, 0.1) is 6.92 Å². The fourth-order valence-corrected chi connectivity index (χ4v) is 2.89. The molecular weight excluding hydrogens is 224 g/mol. The van der Waals surface area contributed by atoms with E-state index in [4.69, 9.17) is 0 Å². The molecule has 1 N–H and O–H groups in total. The molecule has 1 aromatic rings. The minimum absolute atomic E-state index is 0.472. The minimum atomic E-state index is -3.29. The molecule has 16 heavy (non-hydrogen) atoms. The molecule has 0 amide bonds. The maximum atomic E-state index is 11.7. The van der Waals surface area contributed by atoms with Gasteiger partial charge in [0.05, 0.1) is 0 Å². The van der Waals surface area contributed by atoms with Crippen molar-refractivity contribution < 1.29 is 8.42 Å². The molecule has 0 unspecified atom stereocenters. The van der Waals surface area contributed by atoms with Crippen LogP contribution in [0.25, 0.3) is 0 Å². The van der Waals surface area contributed by atoms with E-state index >= 15 is 0 Å². The summed E-state index contributed by atoms with van der Waals surface area (Å²) in [6.07, 6.45) is 0.788. The molecule has 4 nitrogen and oxygen atoms in total. The lowest BCUT2D eigenvalue weighted by atomic mass is 9.99. The van der Waals surface area contributed by atoms with Gasteiger partial charge in [-0.15, -0.1) is 0 Å². The predicted molar refractivity (Wildman–Crippen MR) is 63.3 cm³/mol. The molecule has 0 aromatic heterocycles. The number of fused-ring (bicyclic) bond motifs is 1. The van der Waals surface area contributed by atoms with Gasteiger partial charge in [0.1, 0.15) is 0 Å². The molecule has 2 rings (SSSR count). The molecule has 1 aliphatic rings. The molecule has 5 heteroatoms. The number of nitrogens with zero attached hydrogens (tertiary/aromatic N) is 1. The average molecular weight is 240 g/mol. The smallest absolute Gasteiger partial charge is 0.205 e. The first-order chi connectivity index (χ1) is 7.53. The largest absolute Gasteiger partial charge is 0.279 e. The minimum Gasteiger partial charge on any atom is -0.205 e. The lowest BCUT2D eigenvalue weighted by molar-refractivity contribution is 0.386. The lowest BCUT2D eigenvalue weighted by Crippen LogP contribution is -2.41. The van der Waals surface area contributed by atoms with Crippen LogP contribution >= 0.6 is 0 Å². The second kappa shape index (κ2) is 4.16. The highest BCUT2D eigenvalue weighted by Gasteiger charge is 2.24. The Balaban J connectivity index is 2.30. The van der Waals surface area contributed by atoms with Gasteiger partial charge in [0.2, 0.25) is 0 Å². The number of hydrogen-bond acceptors (Lipinski definition) is 2. The second-order valence-corrected chi connectivity index (χ2v) is 5.94. The number of rotatable bonds is 2. The summed E-state index contributed by atoms with van der Waals surface area (Å²) >= 11 is 0. The van der Waals surface area contributed by atoms with Crippen LogP contribution in [-0.4, -0.2) is 26.3 Å². The fraction of sp³-hybridized carbons (Fsp3) is 0.455. The summed E-state index contributed by atoms with van der Waals surface area (Å²) < 4.78 is 27.2. The molecular formula is C11H16N2O2S. The summed E-state index contributed by atoms with van der Waals surface area (Å²) in [7, 11) is -1.85. The van der Waals surface area contributed by atoms with Crippen LogP contribution < -0.4 is 4.72 Å². The van der Waals surface area contributed by atoms with Crippen molar-refractivity contribution in [1.82, 2.24) is 9.03 Å². The van der Waals surface area contributed by atoms with E-state index in [9.17, 15) is 8.42 Å². The maximum absolute atomic E-state index is 11.7. The van der Waals surface area contributed by atoms with Crippen LogP contribution in [0.15, 0.2) is 18.2 Å².